The minimum Gasteiger partial charge on any atom is -0.315 e. The van der Waals surface area contributed by atoms with Crippen LogP contribution in [0.1, 0.15) is 22.3 Å². The molecule has 2 aromatic carbocycles. The average Bonchev–Trinajstić information content (AvgIpc) is 2.60. The number of hydrogen-bond acceptors (Lipinski definition) is 4. The van der Waals surface area contributed by atoms with Gasteiger partial charge in [0.2, 0.25) is 0 Å². The van der Waals surface area contributed by atoms with Crippen LogP contribution < -0.4 is 5.56 Å². The lowest BCUT2D eigenvalue weighted by Gasteiger charge is -2.09. The summed E-state index contributed by atoms with van der Waals surface area (Å²) in [6, 6.07) is 17.1. The fourth-order valence-corrected chi connectivity index (χ4v) is 3.63. The lowest BCUT2D eigenvalue weighted by atomic mass is 10.1. The van der Waals surface area contributed by atoms with Gasteiger partial charge in [0, 0.05) is 16.5 Å². The van der Waals surface area contributed by atoms with Crippen LogP contribution in [0.15, 0.2) is 52.3 Å². The zero-order valence-corrected chi connectivity index (χ0v) is 13.8. The molecule has 5 heteroatoms. The largest absolute Gasteiger partial charge is 0.315 e. The second kappa shape index (κ2) is 6.62. The maximum absolute atomic E-state index is 12.2. The standard InChI is InChI=1S/C19H13N3OS/c1-12-4-2-3-5-14(12)11-24-19-16-8-13(9-20)6-7-15(16)17(10-21)18(23)22-19/h2-8H,11H2,1H3,(H,22,23). The third-order valence-corrected chi connectivity index (χ3v) is 4.93. The van der Waals surface area contributed by atoms with E-state index in [0.29, 0.717) is 21.7 Å². The van der Waals surface area contributed by atoms with Crippen LogP contribution in [0.25, 0.3) is 10.8 Å². The third-order valence-electron chi connectivity index (χ3n) is 3.86. The summed E-state index contributed by atoms with van der Waals surface area (Å²) in [6.07, 6.45) is 0. The number of aryl methyl sites for hydroxylation is 1. The van der Waals surface area contributed by atoms with Crippen LogP contribution in [0.3, 0.4) is 0 Å². The Labute approximate surface area is 143 Å². The van der Waals surface area contributed by atoms with Gasteiger partial charge in [-0.1, -0.05) is 30.3 Å². The number of nitriles is 2. The van der Waals surface area contributed by atoms with Gasteiger partial charge in [-0.3, -0.25) is 4.79 Å². The Kier molecular flexibility index (Phi) is 4.37. The van der Waals surface area contributed by atoms with Gasteiger partial charge in [-0.25, -0.2) is 0 Å². The molecule has 24 heavy (non-hydrogen) atoms. The summed E-state index contributed by atoms with van der Waals surface area (Å²) in [4.78, 5) is 14.9. The average molecular weight is 331 g/mol. The number of hydrogen-bond donors (Lipinski definition) is 1. The maximum Gasteiger partial charge on any atom is 0.267 e. The van der Waals surface area contributed by atoms with Crippen molar-refractivity contribution in [1.29, 1.82) is 10.5 Å². The van der Waals surface area contributed by atoms with Gasteiger partial charge in [0.05, 0.1) is 16.7 Å². The smallest absolute Gasteiger partial charge is 0.267 e. The highest BCUT2D eigenvalue weighted by Gasteiger charge is 2.12. The van der Waals surface area contributed by atoms with Crippen molar-refractivity contribution in [3.05, 3.63) is 75.1 Å². The number of fused-ring (bicyclic) bond motifs is 1. The second-order valence-electron chi connectivity index (χ2n) is 5.36. The Hall–Kier alpha value is -3.02. The van der Waals surface area contributed by atoms with E-state index in [1.54, 1.807) is 18.2 Å². The Morgan fingerprint density at radius 1 is 1.08 bits per heavy atom. The fourth-order valence-electron chi connectivity index (χ4n) is 2.52. The maximum atomic E-state index is 12.2. The van der Waals surface area contributed by atoms with E-state index in [4.69, 9.17) is 5.26 Å². The number of aromatic nitrogens is 1. The normalized spacial score (nSPS) is 10.3. The second-order valence-corrected chi connectivity index (χ2v) is 6.34. The number of benzene rings is 2. The molecule has 0 unspecified atom stereocenters. The molecule has 1 aromatic heterocycles. The van der Waals surface area contributed by atoms with E-state index in [2.05, 4.69) is 11.1 Å². The first-order valence-corrected chi connectivity index (χ1v) is 8.30. The molecule has 0 radical (unpaired) electrons. The summed E-state index contributed by atoms with van der Waals surface area (Å²) < 4.78 is 0. The zero-order valence-electron chi connectivity index (χ0n) is 13.0. The van der Waals surface area contributed by atoms with Gasteiger partial charge in [0.1, 0.15) is 11.6 Å². The van der Waals surface area contributed by atoms with E-state index in [9.17, 15) is 10.1 Å². The van der Waals surface area contributed by atoms with E-state index >= 15 is 0 Å². The fraction of sp³-hybridized carbons (Fsp3) is 0.105. The van der Waals surface area contributed by atoms with Crippen molar-refractivity contribution >= 4 is 22.5 Å². The van der Waals surface area contributed by atoms with E-state index < -0.39 is 5.56 Å². The van der Waals surface area contributed by atoms with Crippen LogP contribution in [0, 0.1) is 29.6 Å². The molecule has 0 aliphatic rings. The van der Waals surface area contributed by atoms with Crippen molar-refractivity contribution in [2.45, 2.75) is 17.7 Å². The molecule has 3 aromatic rings. The van der Waals surface area contributed by atoms with Crippen LogP contribution in [0.4, 0.5) is 0 Å². The summed E-state index contributed by atoms with van der Waals surface area (Å²) in [6.45, 7) is 2.04. The number of thioether (sulfide) groups is 1. The molecule has 0 aliphatic carbocycles. The Balaban J connectivity index is 2.11. The molecule has 0 saturated heterocycles. The first-order chi connectivity index (χ1) is 11.6. The highest BCUT2D eigenvalue weighted by atomic mass is 32.2. The van der Waals surface area contributed by atoms with Crippen LogP contribution in [0.5, 0.6) is 0 Å². The van der Waals surface area contributed by atoms with Gasteiger partial charge in [0.25, 0.3) is 5.56 Å². The molecule has 4 nitrogen and oxygen atoms in total. The zero-order chi connectivity index (χ0) is 17.1. The van der Waals surface area contributed by atoms with Gasteiger partial charge in [-0.05, 0) is 30.2 Å². The lowest BCUT2D eigenvalue weighted by molar-refractivity contribution is 1.10. The molecule has 0 bridgehead atoms. The van der Waals surface area contributed by atoms with E-state index in [1.165, 1.54) is 22.9 Å². The minimum atomic E-state index is -0.401. The van der Waals surface area contributed by atoms with Crippen molar-refractivity contribution in [2.24, 2.45) is 0 Å². The molecular formula is C19H13N3OS. The van der Waals surface area contributed by atoms with Crippen molar-refractivity contribution < 1.29 is 0 Å². The predicted octanol–water partition coefficient (Wildman–Crippen LogP) is 3.87. The van der Waals surface area contributed by atoms with Crippen LogP contribution in [-0.2, 0) is 5.75 Å². The number of nitrogens with zero attached hydrogens (tertiary/aromatic N) is 2. The van der Waals surface area contributed by atoms with Crippen LogP contribution in [-0.4, -0.2) is 4.98 Å². The van der Waals surface area contributed by atoms with Gasteiger partial charge in [-0.15, -0.1) is 11.8 Å². The molecule has 116 valence electrons. The number of rotatable bonds is 3. The van der Waals surface area contributed by atoms with Crippen molar-refractivity contribution in [2.75, 3.05) is 0 Å². The predicted molar refractivity (Wildman–Crippen MR) is 94.7 cm³/mol. The van der Waals surface area contributed by atoms with Crippen LogP contribution in [0.2, 0.25) is 0 Å². The van der Waals surface area contributed by atoms with E-state index in [1.807, 2.05) is 37.3 Å². The van der Waals surface area contributed by atoms with Gasteiger partial charge in [0.15, 0.2) is 0 Å². The number of pyridine rings is 1. The summed E-state index contributed by atoms with van der Waals surface area (Å²) >= 11 is 1.50. The number of aromatic amines is 1. The lowest BCUT2D eigenvalue weighted by Crippen LogP contribution is -2.11. The Bertz CT molecular complexity index is 1070. The van der Waals surface area contributed by atoms with Gasteiger partial charge >= 0.3 is 0 Å². The molecule has 0 amide bonds. The molecule has 0 spiro atoms. The molecule has 0 aliphatic heterocycles. The summed E-state index contributed by atoms with van der Waals surface area (Å²) in [7, 11) is 0. The third kappa shape index (κ3) is 2.90. The van der Waals surface area contributed by atoms with E-state index in [0.717, 1.165) is 5.39 Å². The molecule has 0 saturated carbocycles. The Morgan fingerprint density at radius 2 is 1.88 bits per heavy atom. The van der Waals surface area contributed by atoms with Crippen molar-refractivity contribution in [3.8, 4) is 12.1 Å². The van der Waals surface area contributed by atoms with Gasteiger partial charge in [-0.2, -0.15) is 10.5 Å². The highest BCUT2D eigenvalue weighted by Crippen LogP contribution is 2.30. The van der Waals surface area contributed by atoms with Crippen LogP contribution >= 0.6 is 11.8 Å². The molecular weight excluding hydrogens is 318 g/mol. The van der Waals surface area contributed by atoms with E-state index in [-0.39, 0.29) is 5.56 Å². The van der Waals surface area contributed by atoms with Crippen molar-refractivity contribution in [3.63, 3.8) is 0 Å². The molecule has 1 heterocycles. The minimum absolute atomic E-state index is 0.0785. The Morgan fingerprint density at radius 3 is 2.58 bits per heavy atom. The highest BCUT2D eigenvalue weighted by molar-refractivity contribution is 7.98. The van der Waals surface area contributed by atoms with Gasteiger partial charge < -0.3 is 4.98 Å². The van der Waals surface area contributed by atoms with Crippen molar-refractivity contribution in [1.82, 2.24) is 4.98 Å². The topological polar surface area (TPSA) is 80.4 Å². The monoisotopic (exact) mass is 331 g/mol. The summed E-state index contributed by atoms with van der Waals surface area (Å²) in [5.41, 5.74) is 2.54. The first kappa shape index (κ1) is 15.9. The first-order valence-electron chi connectivity index (χ1n) is 7.31. The number of H-pyrrole nitrogens is 1. The quantitative estimate of drug-likeness (QED) is 0.739. The summed E-state index contributed by atoms with van der Waals surface area (Å²) in [5.74, 6) is 0.695. The SMILES string of the molecule is Cc1ccccc1CSc1[nH]c(=O)c(C#N)c2ccc(C#N)cc12. The summed E-state index contributed by atoms with van der Waals surface area (Å²) in [5, 5.41) is 20.3. The molecule has 1 N–H and O–H groups in total. The molecule has 0 atom stereocenters. The molecule has 3 rings (SSSR count). The number of nitrogens with one attached hydrogen (secondary N) is 1. The molecule has 0 fully saturated rings.